The first-order valence-corrected chi connectivity index (χ1v) is 44.7. The summed E-state index contributed by atoms with van der Waals surface area (Å²) in [5.41, 5.74) is 18.4. The molecule has 5 nitrogen and oxygen atoms in total. The lowest BCUT2D eigenvalue weighted by Crippen LogP contribution is -2.74. The molecule has 0 bridgehead atoms. The molecule has 7 heteroatoms. The van der Waals surface area contributed by atoms with Crippen molar-refractivity contribution in [2.45, 2.75) is 0 Å². The highest BCUT2D eigenvalue weighted by atomic mass is 28.3. The zero-order chi connectivity index (χ0) is 79.1. The fourth-order valence-corrected chi connectivity index (χ4v) is 27.9. The standard InChI is InChI=1S/C58H41NOSi.C54H37NO2Si/c1-5-17-42(18-6-1)45-33-37-55-56-38-36-48(41-58(56)60-57(55)39-45)59(46-34-31-44(32-35-46)54-30-15-20-43-19-13-14-29-53(43)54)47-21-16-28-52(40-47)61(49-22-7-2-8-23-49,50-24-9-3-10-25-50)51-26-11-4-12-27-51;1-5-16-38(17-6-1)39-28-31-48-50-33-30-42(37-54(50)57-52(48)34-39)55(41-29-32-49-47-26-13-14-27-51(47)56-53(49)36-41)40-18-15-25-46(35-40)58(43-19-7-2-8-20-43,44-21-9-3-10-22-44)45-23-11-4-12-24-45/h1-41H;1-37H. The van der Waals surface area contributed by atoms with Gasteiger partial charge in [-0.25, -0.2) is 0 Å². The second-order valence-corrected chi connectivity index (χ2v) is 38.2. The smallest absolute Gasteiger partial charge is 0.179 e. The molecule has 0 unspecified atom stereocenters. The van der Waals surface area contributed by atoms with Crippen LogP contribution in [-0.2, 0) is 0 Å². The van der Waals surface area contributed by atoms with E-state index in [1.807, 2.05) is 18.2 Å². The zero-order valence-electron chi connectivity index (χ0n) is 65.2. The molecule has 22 rings (SSSR count). The zero-order valence-corrected chi connectivity index (χ0v) is 67.2. The number of hydrogen-bond donors (Lipinski definition) is 0. The van der Waals surface area contributed by atoms with Gasteiger partial charge in [0.2, 0.25) is 0 Å². The highest BCUT2D eigenvalue weighted by Gasteiger charge is 2.43. The molecule has 19 aromatic carbocycles. The Kier molecular flexibility index (Phi) is 18.6. The first kappa shape index (κ1) is 71.6. The Morgan fingerprint density at radius 2 is 0.420 bits per heavy atom. The molecule has 22 aromatic rings. The van der Waals surface area contributed by atoms with Crippen LogP contribution in [-0.4, -0.2) is 16.1 Å². The van der Waals surface area contributed by atoms with Gasteiger partial charge in [0.1, 0.15) is 33.5 Å². The SMILES string of the molecule is c1ccc(-c2ccc3c(c2)oc2cc(N(c4ccc(-c5cccc6ccccc56)cc4)c4cccc([Si](c5ccccc5)(c5ccccc5)c5ccccc5)c4)ccc23)cc1.c1ccc(-c2ccc3c(c2)oc2cc(N(c4cccc([Si](c5ccccc5)(c5ccccc5)c5ccccc5)c4)c4ccc5c(c4)oc4ccccc45)ccc23)cc1. The molecule has 562 valence electrons. The molecule has 0 spiro atoms. The number of benzene rings is 19. The van der Waals surface area contributed by atoms with E-state index in [4.69, 9.17) is 13.3 Å². The summed E-state index contributed by atoms with van der Waals surface area (Å²) in [5, 5.41) is 19.7. The fraction of sp³-hybridized carbons (Fsp3) is 0. The molecule has 119 heavy (non-hydrogen) atoms. The average molecular weight is 1560 g/mol. The summed E-state index contributed by atoms with van der Waals surface area (Å²) < 4.78 is 19.9. The van der Waals surface area contributed by atoms with E-state index in [0.717, 1.165) is 111 Å². The summed E-state index contributed by atoms with van der Waals surface area (Å²) >= 11 is 0. The summed E-state index contributed by atoms with van der Waals surface area (Å²) in [5.74, 6) is 0. The first-order chi connectivity index (χ1) is 59.0. The Morgan fingerprint density at radius 3 is 0.824 bits per heavy atom. The van der Waals surface area contributed by atoms with Crippen LogP contribution in [0.4, 0.5) is 34.1 Å². The summed E-state index contributed by atoms with van der Waals surface area (Å²) in [6, 6.07) is 171. The van der Waals surface area contributed by atoms with E-state index in [9.17, 15) is 0 Å². The van der Waals surface area contributed by atoms with E-state index in [1.54, 1.807) is 0 Å². The second-order valence-electron chi connectivity index (χ2n) is 30.5. The van der Waals surface area contributed by atoms with Crippen LogP contribution in [0, 0.1) is 0 Å². The lowest BCUT2D eigenvalue weighted by Gasteiger charge is -2.35. The van der Waals surface area contributed by atoms with E-state index in [1.165, 1.54) is 74.5 Å². The summed E-state index contributed by atoms with van der Waals surface area (Å²) in [4.78, 5) is 4.73. The van der Waals surface area contributed by atoms with Crippen LogP contribution in [0.1, 0.15) is 0 Å². The lowest BCUT2D eigenvalue weighted by molar-refractivity contribution is 0.668. The summed E-state index contributed by atoms with van der Waals surface area (Å²) in [6.45, 7) is 0. The van der Waals surface area contributed by atoms with Gasteiger partial charge < -0.3 is 23.1 Å². The Morgan fingerprint density at radius 1 is 0.151 bits per heavy atom. The van der Waals surface area contributed by atoms with Crippen LogP contribution in [0.15, 0.2) is 486 Å². The van der Waals surface area contributed by atoms with Gasteiger partial charge in [0, 0.05) is 84.6 Å². The number of fused-ring (bicyclic) bond motifs is 10. The van der Waals surface area contributed by atoms with Crippen LogP contribution < -0.4 is 51.3 Å². The van der Waals surface area contributed by atoms with Gasteiger partial charge in [-0.2, -0.15) is 0 Å². The molecule has 0 amide bonds. The van der Waals surface area contributed by atoms with E-state index in [0.29, 0.717) is 0 Å². The quantitative estimate of drug-likeness (QED) is 0.0672. The van der Waals surface area contributed by atoms with Crippen LogP contribution in [0.5, 0.6) is 0 Å². The maximum absolute atomic E-state index is 6.73. The molecule has 0 fully saturated rings. The molecule has 0 saturated heterocycles. The topological polar surface area (TPSA) is 45.9 Å². The third kappa shape index (κ3) is 13.0. The van der Waals surface area contributed by atoms with Crippen LogP contribution in [0.25, 0.3) is 110 Å². The molecule has 0 saturated carbocycles. The van der Waals surface area contributed by atoms with Crippen molar-refractivity contribution in [2.75, 3.05) is 9.80 Å². The lowest BCUT2D eigenvalue weighted by atomic mass is 9.98. The van der Waals surface area contributed by atoms with E-state index < -0.39 is 16.1 Å². The van der Waals surface area contributed by atoms with Gasteiger partial charge in [0.05, 0.1) is 0 Å². The van der Waals surface area contributed by atoms with Crippen molar-refractivity contribution < 1.29 is 13.3 Å². The summed E-state index contributed by atoms with van der Waals surface area (Å²) in [7, 11) is -5.61. The summed E-state index contributed by atoms with van der Waals surface area (Å²) in [6.07, 6.45) is 0. The van der Waals surface area contributed by atoms with Gasteiger partial charge in [0.25, 0.3) is 0 Å². The molecule has 0 N–H and O–H groups in total. The van der Waals surface area contributed by atoms with Crippen molar-refractivity contribution in [3.8, 4) is 33.4 Å². The van der Waals surface area contributed by atoms with Crippen molar-refractivity contribution in [2.24, 2.45) is 0 Å². The number of anilines is 6. The number of para-hydroxylation sites is 1. The number of hydrogen-bond acceptors (Lipinski definition) is 5. The van der Waals surface area contributed by atoms with Crippen LogP contribution in [0.2, 0.25) is 0 Å². The van der Waals surface area contributed by atoms with Crippen LogP contribution >= 0.6 is 0 Å². The largest absolute Gasteiger partial charge is 0.456 e. The number of rotatable bonds is 17. The first-order valence-electron chi connectivity index (χ1n) is 40.7. The predicted molar refractivity (Wildman–Crippen MR) is 505 cm³/mol. The second kappa shape index (κ2) is 30.9. The van der Waals surface area contributed by atoms with Crippen molar-refractivity contribution in [3.05, 3.63) is 473 Å². The highest BCUT2D eigenvalue weighted by molar-refractivity contribution is 7.20. The average Bonchev–Trinajstić information content (AvgIpc) is 0.925. The van der Waals surface area contributed by atoms with Gasteiger partial charge in [0.15, 0.2) is 16.1 Å². The molecular formula is C112H78N2O3Si2. The van der Waals surface area contributed by atoms with Gasteiger partial charge >= 0.3 is 0 Å². The van der Waals surface area contributed by atoms with Gasteiger partial charge in [-0.3, -0.25) is 0 Å². The normalized spacial score (nSPS) is 11.7. The Bertz CT molecular complexity index is 7210. The minimum Gasteiger partial charge on any atom is -0.456 e. The molecule has 0 atom stereocenters. The fourth-order valence-electron chi connectivity index (χ4n) is 18.3. The van der Waals surface area contributed by atoms with Crippen molar-refractivity contribution in [1.29, 1.82) is 0 Å². The molecule has 0 aliphatic carbocycles. The molecule has 0 aliphatic rings. The maximum Gasteiger partial charge on any atom is 0.179 e. The van der Waals surface area contributed by atoms with Crippen molar-refractivity contribution in [3.63, 3.8) is 0 Å². The molecule has 3 aromatic heterocycles. The van der Waals surface area contributed by atoms with Gasteiger partial charge in [-0.1, -0.05) is 352 Å². The minimum atomic E-state index is -2.81. The minimum absolute atomic E-state index is 0.838. The predicted octanol–water partition coefficient (Wildman–Crippen LogP) is 24.9. The van der Waals surface area contributed by atoms with Gasteiger partial charge in [-0.05, 0) is 189 Å². The Labute approximate surface area is 693 Å². The Hall–Kier alpha value is -15.1. The molecule has 0 radical (unpaired) electrons. The van der Waals surface area contributed by atoms with Gasteiger partial charge in [-0.15, -0.1) is 0 Å². The van der Waals surface area contributed by atoms with Crippen LogP contribution in [0.3, 0.4) is 0 Å². The van der Waals surface area contributed by atoms with E-state index >= 15 is 0 Å². The monoisotopic (exact) mass is 1550 g/mol. The maximum atomic E-state index is 6.73. The van der Waals surface area contributed by atoms with Crippen molar-refractivity contribution in [1.82, 2.24) is 0 Å². The third-order valence-corrected chi connectivity index (χ3v) is 33.4. The van der Waals surface area contributed by atoms with E-state index in [2.05, 4.69) is 465 Å². The number of furan rings is 3. The molecule has 3 heterocycles. The van der Waals surface area contributed by atoms with E-state index in [-0.39, 0.29) is 0 Å². The highest BCUT2D eigenvalue weighted by Crippen LogP contribution is 2.44. The molecular weight excluding hydrogens is 1480 g/mol. The Balaban J connectivity index is 0.000000148. The third-order valence-electron chi connectivity index (χ3n) is 23.8. The number of nitrogens with zero attached hydrogens (tertiary/aromatic N) is 2. The van der Waals surface area contributed by atoms with Crippen molar-refractivity contribution >= 4 is 168 Å². The molecule has 0 aliphatic heterocycles.